The zero-order chi connectivity index (χ0) is 21.8. The molecule has 2 N–H and O–H groups in total. The number of anilines is 1. The molecule has 0 radical (unpaired) electrons. The Hall–Kier alpha value is -3.06. The number of halogens is 1. The highest BCUT2D eigenvalue weighted by molar-refractivity contribution is 6.15. The van der Waals surface area contributed by atoms with Gasteiger partial charge in [-0.25, -0.2) is 4.39 Å². The molecular formula is C24H24FN3O3. The average molecular weight is 421 g/mol. The molecule has 0 aliphatic carbocycles. The van der Waals surface area contributed by atoms with Crippen LogP contribution in [0.1, 0.15) is 30.9 Å². The molecule has 6 nitrogen and oxygen atoms in total. The molecule has 7 heteroatoms. The number of fused-ring (bicyclic) bond motifs is 4. The lowest BCUT2D eigenvalue weighted by atomic mass is 9.76. The number of amides is 3. The van der Waals surface area contributed by atoms with Crippen molar-refractivity contribution in [1.82, 2.24) is 10.2 Å². The van der Waals surface area contributed by atoms with Crippen LogP contribution in [0.15, 0.2) is 48.5 Å². The maximum atomic E-state index is 14.2. The molecule has 4 atom stereocenters. The molecule has 2 aromatic rings. The fourth-order valence-electron chi connectivity index (χ4n) is 5.41. The SMILES string of the molecule is CCCCN1C(=O)C2C(Cc3ccccc3)NC3(C(=O)Nc4ccc(F)cc43)C2C1=O. The number of hydrogen-bond acceptors (Lipinski definition) is 4. The second-order valence-electron chi connectivity index (χ2n) is 8.58. The molecule has 5 rings (SSSR count). The molecule has 2 saturated heterocycles. The second kappa shape index (κ2) is 7.27. The summed E-state index contributed by atoms with van der Waals surface area (Å²) in [4.78, 5) is 41.5. The predicted molar refractivity (Wildman–Crippen MR) is 112 cm³/mol. The summed E-state index contributed by atoms with van der Waals surface area (Å²) >= 11 is 0. The van der Waals surface area contributed by atoms with E-state index in [4.69, 9.17) is 0 Å². The maximum absolute atomic E-state index is 14.2. The van der Waals surface area contributed by atoms with E-state index in [1.807, 2.05) is 37.3 Å². The van der Waals surface area contributed by atoms with Crippen molar-refractivity contribution in [2.75, 3.05) is 11.9 Å². The lowest BCUT2D eigenvalue weighted by molar-refractivity contribution is -0.142. The van der Waals surface area contributed by atoms with Crippen molar-refractivity contribution in [2.24, 2.45) is 11.8 Å². The first-order valence-corrected chi connectivity index (χ1v) is 10.8. The molecule has 160 valence electrons. The zero-order valence-corrected chi connectivity index (χ0v) is 17.2. The van der Waals surface area contributed by atoms with Crippen molar-refractivity contribution < 1.29 is 18.8 Å². The third kappa shape index (κ3) is 2.83. The standard InChI is InChI=1S/C24H24FN3O3/c1-2-3-11-28-21(29)19-18(12-14-7-5-4-6-8-14)27-24(20(19)22(28)30)16-13-15(25)9-10-17(16)26-23(24)31/h4-10,13,18-20,27H,2-3,11-12H2,1H3,(H,26,31). The summed E-state index contributed by atoms with van der Waals surface area (Å²) in [5.41, 5.74) is 0.433. The number of unbranched alkanes of at least 4 members (excludes halogenated alkanes) is 1. The fourth-order valence-corrected chi connectivity index (χ4v) is 5.41. The van der Waals surface area contributed by atoms with E-state index in [1.165, 1.54) is 23.1 Å². The van der Waals surface area contributed by atoms with Crippen LogP contribution in [-0.2, 0) is 26.3 Å². The normalized spacial score (nSPS) is 28.9. The van der Waals surface area contributed by atoms with Crippen molar-refractivity contribution >= 4 is 23.4 Å². The highest BCUT2D eigenvalue weighted by atomic mass is 19.1. The number of carbonyl (C=O) groups is 3. The number of nitrogens with one attached hydrogen (secondary N) is 2. The minimum Gasteiger partial charge on any atom is -0.324 e. The highest BCUT2D eigenvalue weighted by Crippen LogP contribution is 2.53. The zero-order valence-electron chi connectivity index (χ0n) is 17.2. The van der Waals surface area contributed by atoms with Crippen LogP contribution < -0.4 is 10.6 Å². The van der Waals surface area contributed by atoms with Crippen LogP contribution in [0.4, 0.5) is 10.1 Å². The molecule has 1 spiro atoms. The number of imide groups is 1. The van der Waals surface area contributed by atoms with Gasteiger partial charge in [-0.15, -0.1) is 0 Å². The Bertz CT molecular complexity index is 1070. The molecule has 3 aliphatic rings. The van der Waals surface area contributed by atoms with E-state index in [9.17, 15) is 18.8 Å². The molecule has 0 saturated carbocycles. The van der Waals surface area contributed by atoms with Gasteiger partial charge in [0.1, 0.15) is 11.4 Å². The third-order valence-corrected chi connectivity index (χ3v) is 6.80. The smallest absolute Gasteiger partial charge is 0.250 e. The fraction of sp³-hybridized carbons (Fsp3) is 0.375. The first-order valence-electron chi connectivity index (χ1n) is 10.8. The Morgan fingerprint density at radius 3 is 2.58 bits per heavy atom. The van der Waals surface area contributed by atoms with Gasteiger partial charge in [-0.2, -0.15) is 0 Å². The first-order chi connectivity index (χ1) is 15.0. The molecular weight excluding hydrogens is 397 g/mol. The van der Waals surface area contributed by atoms with E-state index in [1.54, 1.807) is 0 Å². The Balaban J connectivity index is 1.62. The van der Waals surface area contributed by atoms with Crippen LogP contribution in [-0.4, -0.2) is 35.2 Å². The molecule has 3 amide bonds. The Morgan fingerprint density at radius 1 is 1.06 bits per heavy atom. The monoisotopic (exact) mass is 421 g/mol. The molecule has 4 unspecified atom stereocenters. The van der Waals surface area contributed by atoms with Gasteiger partial charge >= 0.3 is 0 Å². The van der Waals surface area contributed by atoms with Crippen LogP contribution in [0, 0.1) is 17.7 Å². The van der Waals surface area contributed by atoms with Crippen molar-refractivity contribution in [1.29, 1.82) is 0 Å². The van der Waals surface area contributed by atoms with Crippen LogP contribution >= 0.6 is 0 Å². The van der Waals surface area contributed by atoms with Gasteiger partial charge in [0.05, 0.1) is 11.8 Å². The van der Waals surface area contributed by atoms with E-state index in [-0.39, 0.29) is 11.8 Å². The van der Waals surface area contributed by atoms with Gasteiger partial charge in [-0.05, 0) is 36.6 Å². The summed E-state index contributed by atoms with van der Waals surface area (Å²) in [5, 5.41) is 6.14. The largest absolute Gasteiger partial charge is 0.324 e. The van der Waals surface area contributed by atoms with Gasteiger partial charge in [0.2, 0.25) is 17.7 Å². The van der Waals surface area contributed by atoms with Gasteiger partial charge in [-0.3, -0.25) is 24.6 Å². The van der Waals surface area contributed by atoms with Crippen molar-refractivity contribution in [2.45, 2.75) is 37.8 Å². The molecule has 3 aliphatic heterocycles. The average Bonchev–Trinajstić information content (AvgIpc) is 3.33. The van der Waals surface area contributed by atoms with E-state index in [0.717, 1.165) is 12.0 Å². The van der Waals surface area contributed by atoms with E-state index >= 15 is 0 Å². The summed E-state index contributed by atoms with van der Waals surface area (Å²) in [5.74, 6) is -3.06. The molecule has 2 fully saturated rings. The van der Waals surface area contributed by atoms with Gasteiger partial charge in [0, 0.05) is 23.8 Å². The number of benzene rings is 2. The number of likely N-dealkylation sites (tertiary alicyclic amines) is 1. The number of nitrogens with zero attached hydrogens (tertiary/aromatic N) is 1. The molecule has 31 heavy (non-hydrogen) atoms. The summed E-state index contributed by atoms with van der Waals surface area (Å²) < 4.78 is 14.2. The summed E-state index contributed by atoms with van der Waals surface area (Å²) in [7, 11) is 0. The summed E-state index contributed by atoms with van der Waals surface area (Å²) in [6.07, 6.45) is 2.04. The van der Waals surface area contributed by atoms with Crippen molar-refractivity contribution in [3.8, 4) is 0 Å². The minimum absolute atomic E-state index is 0.244. The van der Waals surface area contributed by atoms with Crippen LogP contribution in [0.5, 0.6) is 0 Å². The Labute approximate surface area is 179 Å². The molecule has 0 bridgehead atoms. The first kappa shape index (κ1) is 19.9. The predicted octanol–water partition coefficient (Wildman–Crippen LogP) is 2.59. The van der Waals surface area contributed by atoms with Gasteiger partial charge in [-0.1, -0.05) is 43.7 Å². The lowest BCUT2D eigenvalue weighted by Gasteiger charge is -2.29. The van der Waals surface area contributed by atoms with Crippen molar-refractivity contribution in [3.05, 3.63) is 65.5 Å². The van der Waals surface area contributed by atoms with E-state index in [0.29, 0.717) is 30.6 Å². The Morgan fingerprint density at radius 2 is 1.84 bits per heavy atom. The number of rotatable bonds is 5. The lowest BCUT2D eigenvalue weighted by Crippen LogP contribution is -2.53. The van der Waals surface area contributed by atoms with E-state index in [2.05, 4.69) is 10.6 Å². The van der Waals surface area contributed by atoms with Gasteiger partial charge in [0.25, 0.3) is 0 Å². The topological polar surface area (TPSA) is 78.5 Å². The van der Waals surface area contributed by atoms with Crippen LogP contribution in [0.2, 0.25) is 0 Å². The summed E-state index contributed by atoms with van der Waals surface area (Å²) in [6.45, 7) is 2.34. The van der Waals surface area contributed by atoms with Crippen LogP contribution in [0.3, 0.4) is 0 Å². The molecule has 3 heterocycles. The Kier molecular flexibility index (Phi) is 4.66. The van der Waals surface area contributed by atoms with Crippen molar-refractivity contribution in [3.63, 3.8) is 0 Å². The highest BCUT2D eigenvalue weighted by Gasteiger charge is 2.70. The summed E-state index contributed by atoms with van der Waals surface area (Å²) in [6, 6.07) is 13.3. The molecule has 2 aromatic carbocycles. The van der Waals surface area contributed by atoms with E-state index < -0.39 is 35.1 Å². The van der Waals surface area contributed by atoms with Gasteiger partial charge < -0.3 is 5.32 Å². The quantitative estimate of drug-likeness (QED) is 0.728. The van der Waals surface area contributed by atoms with Crippen LogP contribution in [0.25, 0.3) is 0 Å². The van der Waals surface area contributed by atoms with Gasteiger partial charge in [0.15, 0.2) is 0 Å². The third-order valence-electron chi connectivity index (χ3n) is 6.80. The maximum Gasteiger partial charge on any atom is 0.250 e. The second-order valence-corrected chi connectivity index (χ2v) is 8.58. The minimum atomic E-state index is -1.45. The number of carbonyl (C=O) groups excluding carboxylic acids is 3. The number of hydrogen-bond donors (Lipinski definition) is 2. The molecule has 0 aromatic heterocycles.